The zero-order valence-electron chi connectivity index (χ0n) is 18.6. The van der Waals surface area contributed by atoms with E-state index in [1.807, 2.05) is 24.8 Å². The van der Waals surface area contributed by atoms with Crippen molar-refractivity contribution in [2.24, 2.45) is 5.41 Å². The largest absolute Gasteiger partial charge is 0.353 e. The third-order valence-electron chi connectivity index (χ3n) is 6.15. The summed E-state index contributed by atoms with van der Waals surface area (Å²) in [4.78, 5) is 33.5. The Morgan fingerprint density at radius 1 is 1.09 bits per heavy atom. The minimum Gasteiger partial charge on any atom is -0.353 e. The molecule has 0 radical (unpaired) electrons. The van der Waals surface area contributed by atoms with Gasteiger partial charge in [0.1, 0.15) is 0 Å². The number of rotatable bonds is 6. The van der Waals surface area contributed by atoms with E-state index in [0.29, 0.717) is 37.9 Å². The molecule has 4 rings (SSSR count). The number of likely N-dealkylation sites (tertiary alicyclic amines) is 1. The van der Waals surface area contributed by atoms with Gasteiger partial charge >= 0.3 is 0 Å². The molecular formula is C26H29N3O2S. The van der Waals surface area contributed by atoms with Crippen LogP contribution in [0.15, 0.2) is 66.3 Å². The number of carbonyl (C=O) groups is 2. The van der Waals surface area contributed by atoms with E-state index in [4.69, 9.17) is 0 Å². The monoisotopic (exact) mass is 447 g/mol. The van der Waals surface area contributed by atoms with Gasteiger partial charge in [-0.25, -0.2) is 0 Å². The lowest BCUT2D eigenvalue weighted by Gasteiger charge is -2.41. The fraction of sp³-hybridized carbons (Fsp3) is 0.346. The van der Waals surface area contributed by atoms with E-state index in [-0.39, 0.29) is 17.9 Å². The van der Waals surface area contributed by atoms with Crippen LogP contribution in [0, 0.1) is 5.41 Å². The molecule has 1 saturated heterocycles. The van der Waals surface area contributed by atoms with Gasteiger partial charge in [-0.15, -0.1) is 11.3 Å². The van der Waals surface area contributed by atoms with Crippen molar-refractivity contribution >= 4 is 23.2 Å². The van der Waals surface area contributed by atoms with E-state index in [9.17, 15) is 9.59 Å². The highest BCUT2D eigenvalue weighted by molar-refractivity contribution is 7.13. The number of thiophene rings is 1. The van der Waals surface area contributed by atoms with E-state index in [0.717, 1.165) is 0 Å². The predicted octanol–water partition coefficient (Wildman–Crippen LogP) is 4.80. The molecule has 0 atom stereocenters. The summed E-state index contributed by atoms with van der Waals surface area (Å²) in [5.74, 6) is 0.0666. The molecule has 6 heteroatoms. The second-order valence-corrected chi connectivity index (χ2v) is 9.70. The van der Waals surface area contributed by atoms with Gasteiger partial charge in [0.2, 0.25) is 5.91 Å². The summed E-state index contributed by atoms with van der Waals surface area (Å²) < 4.78 is 0. The number of carbonyl (C=O) groups excluding carboxylic acids is 2. The number of nitrogens with zero attached hydrogens (tertiary/aromatic N) is 2. The number of nitrogens with one attached hydrogen (secondary N) is 1. The number of hydrogen-bond acceptors (Lipinski definition) is 4. The Morgan fingerprint density at radius 3 is 2.53 bits per heavy atom. The second-order valence-electron chi connectivity index (χ2n) is 8.75. The van der Waals surface area contributed by atoms with Crippen molar-refractivity contribution in [1.29, 1.82) is 0 Å². The van der Waals surface area contributed by atoms with Crippen LogP contribution in [0.4, 0.5) is 0 Å². The lowest BCUT2D eigenvalue weighted by atomic mass is 9.72. The smallest absolute Gasteiger partial charge is 0.255 e. The molecule has 0 unspecified atom stereocenters. The van der Waals surface area contributed by atoms with Crippen LogP contribution in [0.2, 0.25) is 0 Å². The SMILES string of the molecule is CC(C)NC(=O)C1(Cc2ccccc2-c2cccs2)CCN(C(=O)c2cccnc2)CC1. The lowest BCUT2D eigenvalue weighted by molar-refractivity contribution is -0.134. The molecule has 5 nitrogen and oxygen atoms in total. The standard InChI is InChI=1S/C26H29N3O2S/c1-19(2)28-25(31)26(17-20-7-3-4-9-22(20)23-10-6-16-32-23)11-14-29(15-12-26)24(30)21-8-5-13-27-18-21/h3-10,13,16,18-19H,11-12,14-15,17H2,1-2H3,(H,28,31). The quantitative estimate of drug-likeness (QED) is 0.590. The van der Waals surface area contributed by atoms with Crippen molar-refractivity contribution in [3.63, 3.8) is 0 Å². The van der Waals surface area contributed by atoms with Crippen LogP contribution in [0.25, 0.3) is 10.4 Å². The third-order valence-corrected chi connectivity index (χ3v) is 7.05. The molecule has 0 spiro atoms. The Balaban J connectivity index is 1.59. The van der Waals surface area contributed by atoms with E-state index in [1.54, 1.807) is 35.9 Å². The molecule has 1 aromatic carbocycles. The highest BCUT2D eigenvalue weighted by Crippen LogP contribution is 2.39. The first-order valence-electron chi connectivity index (χ1n) is 11.1. The lowest BCUT2D eigenvalue weighted by Crippen LogP contribution is -2.52. The zero-order valence-corrected chi connectivity index (χ0v) is 19.4. The zero-order chi connectivity index (χ0) is 22.6. The van der Waals surface area contributed by atoms with Gasteiger partial charge < -0.3 is 10.2 Å². The van der Waals surface area contributed by atoms with E-state index in [2.05, 4.69) is 46.0 Å². The molecule has 3 heterocycles. The number of aromatic nitrogens is 1. The first kappa shape index (κ1) is 22.2. The van der Waals surface area contributed by atoms with Gasteiger partial charge in [-0.2, -0.15) is 0 Å². The summed E-state index contributed by atoms with van der Waals surface area (Å²) in [6.07, 6.45) is 5.20. The Bertz CT molecular complexity index is 1060. The van der Waals surface area contributed by atoms with Gasteiger partial charge in [-0.3, -0.25) is 14.6 Å². The molecule has 166 valence electrons. The molecule has 1 fully saturated rings. The normalized spacial score (nSPS) is 15.5. The molecule has 3 aromatic rings. The van der Waals surface area contributed by atoms with Gasteiger partial charge in [-0.05, 0) is 67.8 Å². The molecule has 1 aliphatic rings. The first-order chi connectivity index (χ1) is 15.5. The van der Waals surface area contributed by atoms with E-state index >= 15 is 0 Å². The predicted molar refractivity (Wildman–Crippen MR) is 129 cm³/mol. The van der Waals surface area contributed by atoms with E-state index < -0.39 is 5.41 Å². The van der Waals surface area contributed by atoms with E-state index in [1.165, 1.54) is 16.0 Å². The molecule has 32 heavy (non-hydrogen) atoms. The third kappa shape index (κ3) is 4.75. The van der Waals surface area contributed by atoms with Crippen LogP contribution in [-0.4, -0.2) is 40.8 Å². The molecule has 1 N–H and O–H groups in total. The Labute approximate surface area is 193 Å². The van der Waals surface area contributed by atoms with Crippen LogP contribution in [-0.2, 0) is 11.2 Å². The van der Waals surface area contributed by atoms with Gasteiger partial charge in [0.25, 0.3) is 5.91 Å². The van der Waals surface area contributed by atoms with Crippen LogP contribution in [0.3, 0.4) is 0 Å². The number of benzene rings is 1. The fourth-order valence-electron chi connectivity index (χ4n) is 4.42. The summed E-state index contributed by atoms with van der Waals surface area (Å²) in [5, 5.41) is 5.23. The van der Waals surface area contributed by atoms with Crippen molar-refractivity contribution < 1.29 is 9.59 Å². The van der Waals surface area contributed by atoms with Gasteiger partial charge in [0.15, 0.2) is 0 Å². The minimum absolute atomic E-state index is 0.0186. The molecule has 2 aromatic heterocycles. The summed E-state index contributed by atoms with van der Waals surface area (Å²) >= 11 is 1.71. The maximum absolute atomic E-state index is 13.5. The Morgan fingerprint density at radius 2 is 1.88 bits per heavy atom. The number of hydrogen-bond donors (Lipinski definition) is 1. The average Bonchev–Trinajstić information content (AvgIpc) is 3.34. The topological polar surface area (TPSA) is 62.3 Å². The fourth-order valence-corrected chi connectivity index (χ4v) is 5.21. The van der Waals surface area contributed by atoms with Crippen molar-refractivity contribution in [3.8, 4) is 10.4 Å². The summed E-state index contributed by atoms with van der Waals surface area (Å²) in [6, 6.07) is 16.2. The average molecular weight is 448 g/mol. The van der Waals surface area contributed by atoms with Crippen molar-refractivity contribution in [3.05, 3.63) is 77.4 Å². The number of amides is 2. The minimum atomic E-state index is -0.538. The van der Waals surface area contributed by atoms with Crippen LogP contribution < -0.4 is 5.32 Å². The molecular weight excluding hydrogens is 418 g/mol. The molecule has 1 aliphatic heterocycles. The number of pyridine rings is 1. The summed E-state index contributed by atoms with van der Waals surface area (Å²) in [7, 11) is 0. The van der Waals surface area contributed by atoms with Crippen LogP contribution in [0.5, 0.6) is 0 Å². The molecule has 0 aliphatic carbocycles. The summed E-state index contributed by atoms with van der Waals surface area (Å²) in [6.45, 7) is 5.10. The van der Waals surface area contributed by atoms with Crippen LogP contribution in [0.1, 0.15) is 42.6 Å². The van der Waals surface area contributed by atoms with Gasteiger partial charge in [0.05, 0.1) is 11.0 Å². The Hall–Kier alpha value is -2.99. The molecule has 0 bridgehead atoms. The van der Waals surface area contributed by atoms with Crippen molar-refractivity contribution in [1.82, 2.24) is 15.2 Å². The highest BCUT2D eigenvalue weighted by atomic mass is 32.1. The van der Waals surface area contributed by atoms with Crippen molar-refractivity contribution in [2.45, 2.75) is 39.2 Å². The summed E-state index contributed by atoms with van der Waals surface area (Å²) in [5.41, 5.74) is 2.42. The van der Waals surface area contributed by atoms with Gasteiger partial charge in [-0.1, -0.05) is 30.3 Å². The number of piperidine rings is 1. The molecule has 2 amide bonds. The second kappa shape index (κ2) is 9.65. The first-order valence-corrected chi connectivity index (χ1v) is 12.0. The maximum Gasteiger partial charge on any atom is 0.255 e. The molecule has 0 saturated carbocycles. The Kier molecular flexibility index (Phi) is 6.70. The maximum atomic E-state index is 13.5. The van der Waals surface area contributed by atoms with Crippen molar-refractivity contribution in [2.75, 3.05) is 13.1 Å². The highest BCUT2D eigenvalue weighted by Gasteiger charge is 2.43. The van der Waals surface area contributed by atoms with Crippen LogP contribution >= 0.6 is 11.3 Å². The van der Waals surface area contributed by atoms with Gasteiger partial charge in [0, 0.05) is 36.4 Å².